The molecule has 1 fully saturated rings. The molecule has 0 amide bonds. The number of anilines is 1. The maximum atomic E-state index is 10.4. The van der Waals surface area contributed by atoms with E-state index in [0.29, 0.717) is 6.54 Å². The van der Waals surface area contributed by atoms with Crippen LogP contribution in [-0.4, -0.2) is 39.5 Å². The average Bonchev–Trinajstić information content (AvgIpc) is 3.14. The quantitative estimate of drug-likeness (QED) is 0.801. The van der Waals surface area contributed by atoms with Crippen LogP contribution in [0.1, 0.15) is 10.7 Å². The van der Waals surface area contributed by atoms with Crippen molar-refractivity contribution in [2.75, 3.05) is 18.0 Å². The number of fused-ring (bicyclic) bond motifs is 1. The topological polar surface area (TPSA) is 62.1 Å². The summed E-state index contributed by atoms with van der Waals surface area (Å²) in [5, 5.41) is 21.6. The van der Waals surface area contributed by atoms with Crippen LogP contribution in [0.15, 0.2) is 36.4 Å². The Morgan fingerprint density at radius 3 is 2.87 bits per heavy atom. The first kappa shape index (κ1) is 14.5. The number of rotatable bonds is 3. The lowest BCUT2D eigenvalue weighted by atomic mass is 9.99. The summed E-state index contributed by atoms with van der Waals surface area (Å²) in [6.45, 7) is 3.36. The summed E-state index contributed by atoms with van der Waals surface area (Å²) >= 11 is 1.57. The second-order valence-electron chi connectivity index (χ2n) is 6.04. The lowest BCUT2D eigenvalue weighted by Gasteiger charge is -2.14. The number of benzene rings is 1. The molecule has 4 rings (SSSR count). The summed E-state index contributed by atoms with van der Waals surface area (Å²) in [5.41, 5.74) is 2.04. The molecule has 3 aromatic rings. The molecule has 1 aromatic carbocycles. The minimum Gasteiger partial charge on any atom is -0.391 e. The third-order valence-electron chi connectivity index (χ3n) is 4.32. The number of aryl methyl sites for hydroxylation is 1. The van der Waals surface area contributed by atoms with E-state index in [2.05, 4.69) is 33.3 Å². The molecule has 0 radical (unpaired) electrons. The van der Waals surface area contributed by atoms with E-state index < -0.39 is 0 Å². The zero-order valence-corrected chi connectivity index (χ0v) is 13.7. The van der Waals surface area contributed by atoms with Crippen LogP contribution in [0.2, 0.25) is 0 Å². The summed E-state index contributed by atoms with van der Waals surface area (Å²) in [4.78, 5) is 6.85. The van der Waals surface area contributed by atoms with Gasteiger partial charge in [0.2, 0.25) is 5.13 Å². The summed E-state index contributed by atoms with van der Waals surface area (Å²) in [6.07, 6.45) is 0.424. The number of para-hydroxylation sites is 1. The fourth-order valence-electron chi connectivity index (χ4n) is 3.12. The molecule has 0 saturated carbocycles. The summed E-state index contributed by atoms with van der Waals surface area (Å²) < 4.78 is 0. The van der Waals surface area contributed by atoms with Crippen LogP contribution in [0.4, 0.5) is 5.13 Å². The van der Waals surface area contributed by atoms with Crippen molar-refractivity contribution in [3.63, 3.8) is 0 Å². The van der Waals surface area contributed by atoms with Gasteiger partial charge >= 0.3 is 0 Å². The predicted molar refractivity (Wildman–Crippen MR) is 91.8 cm³/mol. The van der Waals surface area contributed by atoms with Gasteiger partial charge in [-0.05, 0) is 25.5 Å². The van der Waals surface area contributed by atoms with Crippen LogP contribution in [-0.2, 0) is 6.42 Å². The molecule has 0 spiro atoms. The number of aliphatic hydroxyl groups is 1. The van der Waals surface area contributed by atoms with Crippen molar-refractivity contribution in [2.24, 2.45) is 5.92 Å². The largest absolute Gasteiger partial charge is 0.391 e. The lowest BCUT2D eigenvalue weighted by molar-refractivity contribution is 0.148. The van der Waals surface area contributed by atoms with E-state index in [1.807, 2.05) is 25.1 Å². The van der Waals surface area contributed by atoms with Gasteiger partial charge in [-0.25, -0.2) is 0 Å². The van der Waals surface area contributed by atoms with E-state index in [1.165, 1.54) is 0 Å². The first-order valence-corrected chi connectivity index (χ1v) is 8.58. The molecule has 2 atom stereocenters. The van der Waals surface area contributed by atoms with Crippen molar-refractivity contribution in [1.29, 1.82) is 0 Å². The number of β-amino-alcohol motifs (C(OH)–C–C–N with tert-alkyl or cyclic N) is 1. The number of hydrogen-bond donors (Lipinski definition) is 1. The van der Waals surface area contributed by atoms with Gasteiger partial charge in [0.25, 0.3) is 0 Å². The number of aliphatic hydroxyl groups excluding tert-OH is 1. The van der Waals surface area contributed by atoms with E-state index in [4.69, 9.17) is 4.98 Å². The highest BCUT2D eigenvalue weighted by molar-refractivity contribution is 7.15. The molecule has 3 heterocycles. The number of nitrogens with zero attached hydrogens (tertiary/aromatic N) is 4. The molecule has 1 aliphatic rings. The molecule has 1 N–H and O–H groups in total. The van der Waals surface area contributed by atoms with Crippen LogP contribution >= 0.6 is 11.3 Å². The van der Waals surface area contributed by atoms with Crippen LogP contribution in [0, 0.1) is 12.8 Å². The molecule has 1 aliphatic heterocycles. The Balaban J connectivity index is 1.51. The van der Waals surface area contributed by atoms with Crippen molar-refractivity contribution in [3.05, 3.63) is 47.1 Å². The summed E-state index contributed by atoms with van der Waals surface area (Å²) in [5.74, 6) is 0.174. The Morgan fingerprint density at radius 1 is 1.17 bits per heavy atom. The highest BCUT2D eigenvalue weighted by Crippen LogP contribution is 2.28. The molecule has 2 aromatic heterocycles. The molecule has 6 heteroatoms. The van der Waals surface area contributed by atoms with Crippen LogP contribution in [0.3, 0.4) is 0 Å². The van der Waals surface area contributed by atoms with Crippen molar-refractivity contribution < 1.29 is 5.11 Å². The van der Waals surface area contributed by atoms with Crippen LogP contribution in [0.5, 0.6) is 0 Å². The van der Waals surface area contributed by atoms with Gasteiger partial charge in [-0.15, -0.1) is 10.2 Å². The zero-order chi connectivity index (χ0) is 15.8. The second kappa shape index (κ2) is 5.86. The normalized spacial score (nSPS) is 21.2. The molecule has 0 bridgehead atoms. The van der Waals surface area contributed by atoms with E-state index >= 15 is 0 Å². The predicted octanol–water partition coefficient (Wildman–Crippen LogP) is 2.43. The third-order valence-corrected chi connectivity index (χ3v) is 5.22. The number of pyridine rings is 1. The van der Waals surface area contributed by atoms with Gasteiger partial charge in [-0.1, -0.05) is 35.6 Å². The fraction of sp³-hybridized carbons (Fsp3) is 0.353. The van der Waals surface area contributed by atoms with Crippen LogP contribution < -0.4 is 4.90 Å². The second-order valence-corrected chi connectivity index (χ2v) is 7.20. The summed E-state index contributed by atoms with van der Waals surface area (Å²) in [6, 6.07) is 12.3. The third kappa shape index (κ3) is 2.92. The molecule has 118 valence electrons. The molecule has 0 unspecified atom stereocenters. The van der Waals surface area contributed by atoms with Gasteiger partial charge in [-0.2, -0.15) is 0 Å². The van der Waals surface area contributed by atoms with Gasteiger partial charge in [0.15, 0.2) is 0 Å². The van der Waals surface area contributed by atoms with Gasteiger partial charge in [-0.3, -0.25) is 4.98 Å². The van der Waals surface area contributed by atoms with Crippen molar-refractivity contribution in [3.8, 4) is 0 Å². The average molecular weight is 326 g/mol. The Kier molecular flexibility index (Phi) is 3.71. The fourth-order valence-corrected chi connectivity index (χ4v) is 3.82. The van der Waals surface area contributed by atoms with Crippen molar-refractivity contribution in [2.45, 2.75) is 19.4 Å². The first-order chi connectivity index (χ1) is 11.2. The van der Waals surface area contributed by atoms with Gasteiger partial charge in [0.05, 0.1) is 11.6 Å². The minimum atomic E-state index is -0.354. The SMILES string of the molecule is Cc1nnc(N2C[C@@H](Cc3ccc4ccccc4n3)[C@H](O)C2)s1. The van der Waals surface area contributed by atoms with Crippen molar-refractivity contribution >= 4 is 27.4 Å². The van der Waals surface area contributed by atoms with E-state index in [-0.39, 0.29) is 12.0 Å². The first-order valence-electron chi connectivity index (χ1n) is 7.77. The van der Waals surface area contributed by atoms with Gasteiger partial charge in [0.1, 0.15) is 5.01 Å². The highest BCUT2D eigenvalue weighted by atomic mass is 32.1. The number of hydrogen-bond acceptors (Lipinski definition) is 6. The highest BCUT2D eigenvalue weighted by Gasteiger charge is 2.33. The summed E-state index contributed by atoms with van der Waals surface area (Å²) in [7, 11) is 0. The maximum absolute atomic E-state index is 10.4. The zero-order valence-electron chi connectivity index (χ0n) is 12.9. The number of aromatic nitrogens is 3. The molecule has 23 heavy (non-hydrogen) atoms. The Labute approximate surface area is 138 Å². The molecule has 5 nitrogen and oxygen atoms in total. The molecule has 1 saturated heterocycles. The van der Waals surface area contributed by atoms with Crippen LogP contribution in [0.25, 0.3) is 10.9 Å². The smallest absolute Gasteiger partial charge is 0.208 e. The van der Waals surface area contributed by atoms with Gasteiger partial charge in [0, 0.05) is 30.1 Å². The lowest BCUT2D eigenvalue weighted by Crippen LogP contribution is -2.20. The van der Waals surface area contributed by atoms with E-state index in [9.17, 15) is 5.11 Å². The van der Waals surface area contributed by atoms with Gasteiger partial charge < -0.3 is 10.0 Å². The molecular weight excluding hydrogens is 308 g/mol. The Hall–Kier alpha value is -2.05. The maximum Gasteiger partial charge on any atom is 0.208 e. The van der Waals surface area contributed by atoms with Crippen molar-refractivity contribution in [1.82, 2.24) is 15.2 Å². The Morgan fingerprint density at radius 2 is 2.04 bits per heavy atom. The monoisotopic (exact) mass is 326 g/mol. The van der Waals surface area contributed by atoms with E-state index in [1.54, 1.807) is 11.3 Å². The van der Waals surface area contributed by atoms with E-state index in [0.717, 1.165) is 39.7 Å². The Bertz CT molecular complexity index is 834. The molecular formula is C17H18N4OS. The minimum absolute atomic E-state index is 0.174. The molecule has 0 aliphatic carbocycles. The standard InChI is InChI=1S/C17H18N4OS/c1-11-19-20-17(23-11)21-9-13(16(22)10-21)8-14-7-6-12-4-2-3-5-15(12)18-14/h2-7,13,16,22H,8-10H2,1H3/t13-,16-/m1/s1.